The van der Waals surface area contributed by atoms with Gasteiger partial charge in [-0.1, -0.05) is 42.5 Å². The van der Waals surface area contributed by atoms with Gasteiger partial charge in [-0.15, -0.1) is 0 Å². The third-order valence-corrected chi connectivity index (χ3v) is 3.07. The number of amides is 1. The van der Waals surface area contributed by atoms with Crippen molar-refractivity contribution in [3.8, 4) is 0 Å². The molecule has 0 bridgehead atoms. The van der Waals surface area contributed by atoms with Gasteiger partial charge in [0.2, 0.25) is 5.91 Å². The standard InChI is InChI=1S/C18H17NO3/c1-22-18(21)16-10-7-14(8-11-16)9-12-17(20)19-13-15-5-3-2-4-6-15/h2-12H,13H2,1H3,(H,19,20)/b12-9+. The number of rotatable bonds is 5. The van der Waals surface area contributed by atoms with Crippen molar-refractivity contribution in [1.82, 2.24) is 5.32 Å². The smallest absolute Gasteiger partial charge is 0.337 e. The van der Waals surface area contributed by atoms with Crippen molar-refractivity contribution in [1.29, 1.82) is 0 Å². The summed E-state index contributed by atoms with van der Waals surface area (Å²) in [5.74, 6) is -0.544. The van der Waals surface area contributed by atoms with Crippen LogP contribution in [0.2, 0.25) is 0 Å². The van der Waals surface area contributed by atoms with Gasteiger partial charge in [0, 0.05) is 12.6 Å². The van der Waals surface area contributed by atoms with E-state index in [1.165, 1.54) is 13.2 Å². The minimum absolute atomic E-state index is 0.166. The van der Waals surface area contributed by atoms with Crippen LogP contribution in [0.1, 0.15) is 21.5 Å². The second-order valence-electron chi connectivity index (χ2n) is 4.65. The Morgan fingerprint density at radius 2 is 1.73 bits per heavy atom. The van der Waals surface area contributed by atoms with E-state index in [1.54, 1.807) is 30.3 Å². The number of benzene rings is 2. The molecule has 0 spiro atoms. The van der Waals surface area contributed by atoms with Gasteiger partial charge in [0.15, 0.2) is 0 Å². The van der Waals surface area contributed by atoms with Crippen molar-refractivity contribution in [2.24, 2.45) is 0 Å². The number of ether oxygens (including phenoxy) is 1. The van der Waals surface area contributed by atoms with Gasteiger partial charge in [0.1, 0.15) is 0 Å². The summed E-state index contributed by atoms with van der Waals surface area (Å²) in [6, 6.07) is 16.5. The predicted molar refractivity (Wildman–Crippen MR) is 85.1 cm³/mol. The lowest BCUT2D eigenvalue weighted by atomic mass is 10.1. The molecule has 0 unspecified atom stereocenters. The first-order chi connectivity index (χ1) is 10.7. The molecule has 1 N–H and O–H groups in total. The van der Waals surface area contributed by atoms with E-state index in [1.807, 2.05) is 30.3 Å². The van der Waals surface area contributed by atoms with E-state index in [0.717, 1.165) is 11.1 Å². The Bertz CT molecular complexity index is 660. The van der Waals surface area contributed by atoms with Gasteiger partial charge < -0.3 is 10.1 Å². The van der Waals surface area contributed by atoms with E-state index in [-0.39, 0.29) is 11.9 Å². The fourth-order valence-electron chi connectivity index (χ4n) is 1.86. The number of nitrogens with one attached hydrogen (secondary N) is 1. The molecule has 1 amide bonds. The second kappa shape index (κ2) is 7.78. The molecule has 0 radical (unpaired) electrons. The molecule has 2 aromatic carbocycles. The largest absolute Gasteiger partial charge is 0.465 e. The molecule has 0 aliphatic rings. The van der Waals surface area contributed by atoms with Gasteiger partial charge in [-0.3, -0.25) is 4.79 Å². The molecule has 0 atom stereocenters. The quantitative estimate of drug-likeness (QED) is 0.681. The average Bonchev–Trinajstić information content (AvgIpc) is 2.58. The van der Waals surface area contributed by atoms with E-state index in [2.05, 4.69) is 10.1 Å². The Hall–Kier alpha value is -2.88. The van der Waals surface area contributed by atoms with E-state index < -0.39 is 0 Å². The highest BCUT2D eigenvalue weighted by Crippen LogP contribution is 2.07. The average molecular weight is 295 g/mol. The molecule has 4 nitrogen and oxygen atoms in total. The fraction of sp³-hybridized carbons (Fsp3) is 0.111. The molecule has 112 valence electrons. The van der Waals surface area contributed by atoms with Gasteiger partial charge in [-0.25, -0.2) is 4.79 Å². The molecule has 0 aromatic heterocycles. The van der Waals surface area contributed by atoms with Gasteiger partial charge in [-0.2, -0.15) is 0 Å². The Morgan fingerprint density at radius 3 is 2.36 bits per heavy atom. The zero-order valence-electron chi connectivity index (χ0n) is 12.3. The minimum atomic E-state index is -0.379. The first kappa shape index (κ1) is 15.5. The zero-order chi connectivity index (χ0) is 15.8. The minimum Gasteiger partial charge on any atom is -0.465 e. The lowest BCUT2D eigenvalue weighted by molar-refractivity contribution is -0.116. The second-order valence-corrected chi connectivity index (χ2v) is 4.65. The van der Waals surface area contributed by atoms with Gasteiger partial charge in [0.25, 0.3) is 0 Å². The third-order valence-electron chi connectivity index (χ3n) is 3.07. The molecule has 22 heavy (non-hydrogen) atoms. The number of hydrogen-bond donors (Lipinski definition) is 1. The fourth-order valence-corrected chi connectivity index (χ4v) is 1.86. The van der Waals surface area contributed by atoms with E-state index in [4.69, 9.17) is 0 Å². The first-order valence-corrected chi connectivity index (χ1v) is 6.87. The maximum atomic E-state index is 11.7. The third kappa shape index (κ3) is 4.59. The van der Waals surface area contributed by atoms with Gasteiger partial charge in [-0.05, 0) is 29.3 Å². The Balaban J connectivity index is 1.88. The van der Waals surface area contributed by atoms with E-state index >= 15 is 0 Å². The van der Waals surface area contributed by atoms with Crippen molar-refractivity contribution in [2.75, 3.05) is 7.11 Å². The SMILES string of the molecule is COC(=O)c1ccc(/C=C/C(=O)NCc2ccccc2)cc1. The number of esters is 1. The van der Waals surface area contributed by atoms with Gasteiger partial charge >= 0.3 is 5.97 Å². The molecule has 4 heteroatoms. The van der Waals surface area contributed by atoms with E-state index in [9.17, 15) is 9.59 Å². The lowest BCUT2D eigenvalue weighted by Gasteiger charge is -2.02. The molecular weight excluding hydrogens is 278 g/mol. The molecule has 2 rings (SSSR count). The van der Waals surface area contributed by atoms with Crippen molar-refractivity contribution < 1.29 is 14.3 Å². The summed E-state index contributed by atoms with van der Waals surface area (Å²) < 4.78 is 4.63. The molecule has 2 aromatic rings. The molecule has 0 fully saturated rings. The van der Waals surface area contributed by atoms with Crippen LogP contribution in [-0.2, 0) is 16.1 Å². The van der Waals surface area contributed by atoms with Crippen molar-refractivity contribution >= 4 is 18.0 Å². The monoisotopic (exact) mass is 295 g/mol. The van der Waals surface area contributed by atoms with Crippen LogP contribution in [0.5, 0.6) is 0 Å². The van der Waals surface area contributed by atoms with Crippen LogP contribution in [0, 0.1) is 0 Å². The summed E-state index contributed by atoms with van der Waals surface area (Å²) in [4.78, 5) is 23.0. The summed E-state index contributed by atoms with van der Waals surface area (Å²) >= 11 is 0. The molecule has 0 aliphatic carbocycles. The topological polar surface area (TPSA) is 55.4 Å². The van der Waals surface area contributed by atoms with E-state index in [0.29, 0.717) is 12.1 Å². The Kier molecular flexibility index (Phi) is 5.49. The van der Waals surface area contributed by atoms with Gasteiger partial charge in [0.05, 0.1) is 12.7 Å². The van der Waals surface area contributed by atoms with Crippen LogP contribution in [-0.4, -0.2) is 19.0 Å². The van der Waals surface area contributed by atoms with Crippen LogP contribution in [0.25, 0.3) is 6.08 Å². The molecule has 0 saturated heterocycles. The molecule has 0 saturated carbocycles. The van der Waals surface area contributed by atoms with Crippen LogP contribution in [0.3, 0.4) is 0 Å². The number of methoxy groups -OCH3 is 1. The molecular formula is C18H17NO3. The maximum Gasteiger partial charge on any atom is 0.337 e. The lowest BCUT2D eigenvalue weighted by Crippen LogP contribution is -2.20. The summed E-state index contributed by atoms with van der Waals surface area (Å²) in [5.41, 5.74) is 2.36. The van der Waals surface area contributed by atoms with Crippen LogP contribution < -0.4 is 5.32 Å². The van der Waals surface area contributed by atoms with Crippen LogP contribution >= 0.6 is 0 Å². The summed E-state index contributed by atoms with van der Waals surface area (Å²) in [6.45, 7) is 0.491. The first-order valence-electron chi connectivity index (χ1n) is 6.87. The summed E-state index contributed by atoms with van der Waals surface area (Å²) in [7, 11) is 1.34. The van der Waals surface area contributed by atoms with Crippen molar-refractivity contribution in [3.63, 3.8) is 0 Å². The van der Waals surface area contributed by atoms with Crippen LogP contribution in [0.15, 0.2) is 60.7 Å². The summed E-state index contributed by atoms with van der Waals surface area (Å²) in [5, 5.41) is 2.81. The maximum absolute atomic E-state index is 11.7. The van der Waals surface area contributed by atoms with Crippen molar-refractivity contribution in [3.05, 3.63) is 77.4 Å². The highest BCUT2D eigenvalue weighted by Gasteiger charge is 2.03. The predicted octanol–water partition coefficient (Wildman–Crippen LogP) is 2.80. The summed E-state index contributed by atoms with van der Waals surface area (Å²) in [6.07, 6.45) is 3.16. The number of carbonyl (C=O) groups excluding carboxylic acids is 2. The normalized spacial score (nSPS) is 10.4. The zero-order valence-corrected chi connectivity index (χ0v) is 12.3. The molecule has 0 aliphatic heterocycles. The number of carbonyl (C=O) groups is 2. The highest BCUT2D eigenvalue weighted by atomic mass is 16.5. The van der Waals surface area contributed by atoms with Crippen LogP contribution in [0.4, 0.5) is 0 Å². The molecule has 0 heterocycles. The Labute approximate surface area is 129 Å². The number of hydrogen-bond acceptors (Lipinski definition) is 3. The van der Waals surface area contributed by atoms with Crippen molar-refractivity contribution in [2.45, 2.75) is 6.54 Å². The highest BCUT2D eigenvalue weighted by molar-refractivity contribution is 5.92. The Morgan fingerprint density at radius 1 is 1.05 bits per heavy atom.